The fraction of sp³-hybridized carbons (Fsp3) is 1.00. The van der Waals surface area contributed by atoms with Gasteiger partial charge in [-0.25, -0.2) is 0 Å². The fourth-order valence-electron chi connectivity index (χ4n) is 2.66. The van der Waals surface area contributed by atoms with Crippen LogP contribution in [0.25, 0.3) is 0 Å². The third-order valence-corrected chi connectivity index (χ3v) is 3.27. The van der Waals surface area contributed by atoms with Crippen molar-refractivity contribution in [2.24, 2.45) is 5.92 Å². The molecule has 0 unspecified atom stereocenters. The largest absolute Gasteiger partial charge is 0.492 e. The standard InChI is InChI=1S/C8H14BF3N/c10-9(11,12)6-13-5-7-1-3-8(13)4-2-7/h7-8H,1-6H2/q-1. The van der Waals surface area contributed by atoms with Gasteiger partial charge < -0.3 is 17.8 Å². The second-order valence-electron chi connectivity index (χ2n) is 4.34. The van der Waals surface area contributed by atoms with E-state index in [2.05, 4.69) is 0 Å². The molecule has 2 heterocycles. The summed E-state index contributed by atoms with van der Waals surface area (Å²) in [6.45, 7) is -3.93. The van der Waals surface area contributed by atoms with E-state index in [4.69, 9.17) is 0 Å². The maximum Gasteiger partial charge on any atom is 0.492 e. The Bertz CT molecular complexity index is 186. The van der Waals surface area contributed by atoms with Gasteiger partial charge in [0.1, 0.15) is 0 Å². The highest BCUT2D eigenvalue weighted by Crippen LogP contribution is 2.35. The molecule has 1 aliphatic carbocycles. The van der Waals surface area contributed by atoms with Gasteiger partial charge in [-0.05, 0) is 44.6 Å². The summed E-state index contributed by atoms with van der Waals surface area (Å²) < 4.78 is 36.6. The van der Waals surface area contributed by atoms with Crippen LogP contribution in [0, 0.1) is 5.92 Å². The number of piperidine rings is 2. The Balaban J connectivity index is 1.94. The van der Waals surface area contributed by atoms with Gasteiger partial charge >= 0.3 is 6.98 Å². The SMILES string of the molecule is F[B-](F)(F)CN1CC2CCC1CC2. The zero-order valence-corrected chi connectivity index (χ0v) is 7.56. The summed E-state index contributed by atoms with van der Waals surface area (Å²) in [6, 6.07) is 0.230. The number of fused-ring (bicyclic) bond motifs is 3. The normalized spacial score (nSPS) is 35.3. The number of halogens is 3. The molecule has 1 saturated carbocycles. The van der Waals surface area contributed by atoms with Gasteiger partial charge in [-0.2, -0.15) is 0 Å². The van der Waals surface area contributed by atoms with E-state index >= 15 is 0 Å². The smallest absolute Gasteiger partial charge is 0.448 e. The molecular weight excluding hydrogens is 178 g/mol. The first-order valence-electron chi connectivity index (χ1n) is 4.99. The lowest BCUT2D eigenvalue weighted by molar-refractivity contribution is 0.0570. The molecule has 0 N–H and O–H groups in total. The molecule has 0 amide bonds. The number of hydrogen-bond acceptors (Lipinski definition) is 1. The Morgan fingerprint density at radius 3 is 2.08 bits per heavy atom. The highest BCUT2D eigenvalue weighted by molar-refractivity contribution is 6.58. The Labute approximate surface area is 76.3 Å². The van der Waals surface area contributed by atoms with Crippen molar-refractivity contribution in [1.82, 2.24) is 4.90 Å². The lowest BCUT2D eigenvalue weighted by atomic mass is 9.77. The van der Waals surface area contributed by atoms with Crippen LogP contribution >= 0.6 is 0 Å². The van der Waals surface area contributed by atoms with Gasteiger partial charge in [0.25, 0.3) is 0 Å². The summed E-state index contributed by atoms with van der Waals surface area (Å²) in [6.07, 6.45) is 3.62. The minimum absolute atomic E-state index is 0.230. The van der Waals surface area contributed by atoms with Gasteiger partial charge in [0.05, 0.1) is 0 Å². The van der Waals surface area contributed by atoms with Gasteiger partial charge in [0.2, 0.25) is 0 Å². The van der Waals surface area contributed by atoms with Crippen LogP contribution in [0.4, 0.5) is 12.9 Å². The Morgan fingerprint density at radius 1 is 1.08 bits per heavy atom. The van der Waals surface area contributed by atoms with E-state index in [1.54, 1.807) is 4.90 Å². The molecule has 1 nitrogen and oxygen atoms in total. The van der Waals surface area contributed by atoms with Gasteiger partial charge in [0, 0.05) is 6.04 Å². The van der Waals surface area contributed by atoms with Crippen molar-refractivity contribution in [3.05, 3.63) is 0 Å². The van der Waals surface area contributed by atoms with Gasteiger partial charge in [-0.3, -0.25) is 0 Å². The summed E-state index contributed by atoms with van der Waals surface area (Å²) in [4.78, 5) is 1.65. The first-order chi connectivity index (χ1) is 6.04. The molecule has 3 aliphatic rings. The topological polar surface area (TPSA) is 3.24 Å². The first-order valence-corrected chi connectivity index (χ1v) is 4.99. The monoisotopic (exact) mass is 192 g/mol. The van der Waals surface area contributed by atoms with Crippen molar-refractivity contribution in [2.75, 3.05) is 13.0 Å². The molecule has 3 fully saturated rings. The van der Waals surface area contributed by atoms with Crippen LogP contribution in [0.5, 0.6) is 0 Å². The Morgan fingerprint density at radius 2 is 1.69 bits per heavy atom. The lowest BCUT2D eigenvalue weighted by Gasteiger charge is -2.47. The predicted molar refractivity (Wildman–Crippen MR) is 46.4 cm³/mol. The highest BCUT2D eigenvalue weighted by Gasteiger charge is 2.37. The van der Waals surface area contributed by atoms with Crippen LogP contribution in [0.3, 0.4) is 0 Å². The zero-order valence-electron chi connectivity index (χ0n) is 7.56. The summed E-state index contributed by atoms with van der Waals surface area (Å²) in [5.74, 6) is 0.545. The molecule has 2 aliphatic heterocycles. The van der Waals surface area contributed by atoms with E-state index in [-0.39, 0.29) is 6.04 Å². The molecule has 13 heavy (non-hydrogen) atoms. The molecule has 0 spiro atoms. The van der Waals surface area contributed by atoms with E-state index in [9.17, 15) is 12.9 Å². The first kappa shape index (κ1) is 9.37. The average molecular weight is 192 g/mol. The molecule has 5 heteroatoms. The van der Waals surface area contributed by atoms with E-state index in [1.165, 1.54) is 0 Å². The second kappa shape index (κ2) is 3.19. The van der Waals surface area contributed by atoms with E-state index in [0.717, 1.165) is 25.7 Å². The van der Waals surface area contributed by atoms with Gasteiger partial charge in [-0.15, -0.1) is 0 Å². The molecule has 0 atom stereocenters. The summed E-state index contributed by atoms with van der Waals surface area (Å²) >= 11 is 0. The van der Waals surface area contributed by atoms with Crippen LogP contribution in [-0.2, 0) is 0 Å². The highest BCUT2D eigenvalue weighted by atomic mass is 19.4. The lowest BCUT2D eigenvalue weighted by Crippen LogP contribution is -2.52. The Kier molecular flexibility index (Phi) is 2.30. The van der Waals surface area contributed by atoms with Crippen molar-refractivity contribution in [1.29, 1.82) is 0 Å². The molecule has 0 aromatic rings. The number of nitrogens with zero attached hydrogens (tertiary/aromatic N) is 1. The van der Waals surface area contributed by atoms with Crippen LogP contribution in [0.15, 0.2) is 0 Å². The minimum atomic E-state index is -4.62. The molecule has 0 aromatic heterocycles. The summed E-state index contributed by atoms with van der Waals surface area (Å²) in [5, 5.41) is 0. The third-order valence-electron chi connectivity index (χ3n) is 3.27. The maximum absolute atomic E-state index is 12.2. The minimum Gasteiger partial charge on any atom is -0.448 e. The molecule has 2 saturated heterocycles. The van der Waals surface area contributed by atoms with Crippen molar-refractivity contribution >= 4 is 6.98 Å². The molecule has 0 radical (unpaired) electrons. The molecule has 2 bridgehead atoms. The van der Waals surface area contributed by atoms with Crippen LogP contribution in [-0.4, -0.2) is 30.9 Å². The van der Waals surface area contributed by atoms with Crippen LogP contribution in [0.1, 0.15) is 25.7 Å². The Hall–Kier alpha value is -0.185. The average Bonchev–Trinajstić information content (AvgIpc) is 2.03. The molecule has 3 rings (SSSR count). The van der Waals surface area contributed by atoms with Crippen molar-refractivity contribution < 1.29 is 12.9 Å². The maximum atomic E-state index is 12.2. The van der Waals surface area contributed by atoms with E-state index < -0.39 is 13.4 Å². The molecular formula is C8H14BF3N-. The van der Waals surface area contributed by atoms with Crippen LogP contribution < -0.4 is 0 Å². The number of hydrogen-bond donors (Lipinski definition) is 0. The van der Waals surface area contributed by atoms with E-state index in [1.807, 2.05) is 0 Å². The van der Waals surface area contributed by atoms with Gasteiger partial charge in [-0.1, -0.05) is 0 Å². The second-order valence-corrected chi connectivity index (χ2v) is 4.34. The molecule has 76 valence electrons. The summed E-state index contributed by atoms with van der Waals surface area (Å²) in [7, 11) is 0. The van der Waals surface area contributed by atoms with Crippen molar-refractivity contribution in [3.8, 4) is 0 Å². The number of rotatable bonds is 2. The zero-order chi connectivity index (χ0) is 9.47. The van der Waals surface area contributed by atoms with Crippen molar-refractivity contribution in [2.45, 2.75) is 31.7 Å². The third kappa shape index (κ3) is 2.19. The van der Waals surface area contributed by atoms with E-state index in [0.29, 0.717) is 12.5 Å². The van der Waals surface area contributed by atoms with Crippen molar-refractivity contribution in [3.63, 3.8) is 0 Å². The quantitative estimate of drug-likeness (QED) is 0.606. The molecule has 0 aromatic carbocycles. The summed E-state index contributed by atoms with van der Waals surface area (Å²) in [5.41, 5.74) is 0. The van der Waals surface area contributed by atoms with Gasteiger partial charge in [0.15, 0.2) is 0 Å². The predicted octanol–water partition coefficient (Wildman–Crippen LogP) is 2.25. The van der Waals surface area contributed by atoms with Crippen LogP contribution in [0.2, 0.25) is 0 Å². The fourth-order valence-corrected chi connectivity index (χ4v) is 2.66.